The predicted molar refractivity (Wildman–Crippen MR) is 76.4 cm³/mol. The Hall–Kier alpha value is -2.21. The minimum absolute atomic E-state index is 0.175. The number of halogens is 1. The third-order valence-electron chi connectivity index (χ3n) is 3.94. The monoisotopic (exact) mass is 306 g/mol. The van der Waals surface area contributed by atoms with Crippen LogP contribution in [0.4, 0.5) is 10.2 Å². The molecule has 3 heterocycles. The van der Waals surface area contributed by atoms with E-state index in [1.165, 1.54) is 24.0 Å². The van der Waals surface area contributed by atoms with Crippen LogP contribution < -0.4 is 5.73 Å². The van der Waals surface area contributed by atoms with Gasteiger partial charge in [0, 0.05) is 6.20 Å². The number of nitrogens with two attached hydrogens (primary N) is 1. The van der Waals surface area contributed by atoms with Crippen LogP contribution in [-0.2, 0) is 4.74 Å². The van der Waals surface area contributed by atoms with Crippen LogP contribution >= 0.6 is 0 Å². The van der Waals surface area contributed by atoms with Crippen LogP contribution in [0, 0.1) is 12.3 Å². The fourth-order valence-corrected chi connectivity index (χ4v) is 2.76. The zero-order valence-electron chi connectivity index (χ0n) is 11.8. The number of terminal acetylenes is 1. The van der Waals surface area contributed by atoms with E-state index >= 15 is 0 Å². The van der Waals surface area contributed by atoms with Gasteiger partial charge in [-0.1, -0.05) is 5.92 Å². The lowest BCUT2D eigenvalue weighted by atomic mass is 9.98. The molecule has 0 bridgehead atoms. The van der Waals surface area contributed by atoms with Gasteiger partial charge >= 0.3 is 0 Å². The van der Waals surface area contributed by atoms with Gasteiger partial charge in [-0.15, -0.1) is 6.42 Å². The molecule has 0 saturated carbocycles. The molecule has 4 atom stereocenters. The number of aromatic nitrogens is 3. The largest absolute Gasteiger partial charge is 0.394 e. The van der Waals surface area contributed by atoms with Gasteiger partial charge in [0.05, 0.1) is 17.6 Å². The Morgan fingerprint density at radius 3 is 2.91 bits per heavy atom. The minimum atomic E-state index is -2.13. The Kier molecular flexibility index (Phi) is 3.29. The fourth-order valence-electron chi connectivity index (χ4n) is 2.76. The summed E-state index contributed by atoms with van der Waals surface area (Å²) in [5, 5.41) is 19.6. The van der Waals surface area contributed by atoms with Gasteiger partial charge in [0.15, 0.2) is 11.9 Å². The highest BCUT2D eigenvalue weighted by Gasteiger charge is 2.55. The molecule has 7 nitrogen and oxygen atoms in total. The molecule has 2 aromatic heterocycles. The van der Waals surface area contributed by atoms with Gasteiger partial charge in [0.1, 0.15) is 30.0 Å². The molecule has 4 N–H and O–H groups in total. The summed E-state index contributed by atoms with van der Waals surface area (Å²) in [5.74, 6) is 2.62. The average molecular weight is 306 g/mol. The van der Waals surface area contributed by atoms with Gasteiger partial charge in [0.2, 0.25) is 0 Å². The van der Waals surface area contributed by atoms with Crippen LogP contribution in [-0.4, -0.2) is 49.2 Å². The summed E-state index contributed by atoms with van der Waals surface area (Å²) < 4.78 is 21.7. The van der Waals surface area contributed by atoms with E-state index in [-0.39, 0.29) is 5.82 Å². The van der Waals surface area contributed by atoms with Crippen molar-refractivity contribution in [2.24, 2.45) is 0 Å². The highest BCUT2D eigenvalue weighted by atomic mass is 19.1. The van der Waals surface area contributed by atoms with Crippen molar-refractivity contribution in [3.05, 3.63) is 18.1 Å². The zero-order valence-corrected chi connectivity index (χ0v) is 11.8. The average Bonchev–Trinajstić information content (AvgIpc) is 2.97. The van der Waals surface area contributed by atoms with Gasteiger partial charge in [-0.25, -0.2) is 14.4 Å². The number of hydrogen-bond donors (Lipinski definition) is 3. The first kappa shape index (κ1) is 14.7. The number of aliphatic hydroxyl groups is 2. The summed E-state index contributed by atoms with van der Waals surface area (Å²) in [4.78, 5) is 7.95. The Balaban J connectivity index is 2.20. The van der Waals surface area contributed by atoms with E-state index in [1.807, 2.05) is 0 Å². The molecule has 0 amide bonds. The second-order valence-electron chi connectivity index (χ2n) is 5.36. The van der Waals surface area contributed by atoms with Crippen LogP contribution in [0.25, 0.3) is 11.0 Å². The van der Waals surface area contributed by atoms with Crippen molar-refractivity contribution < 1.29 is 19.3 Å². The smallest absolute Gasteiger partial charge is 0.181 e. The molecular weight excluding hydrogens is 291 g/mol. The van der Waals surface area contributed by atoms with Gasteiger partial charge < -0.3 is 25.3 Å². The normalized spacial score (nSPS) is 31.5. The molecule has 2 unspecified atom stereocenters. The number of alkyl halides is 1. The Morgan fingerprint density at radius 1 is 1.59 bits per heavy atom. The van der Waals surface area contributed by atoms with E-state index < -0.39 is 30.7 Å². The van der Waals surface area contributed by atoms with E-state index in [9.17, 15) is 14.6 Å². The number of nitrogen functional groups attached to an aromatic ring is 1. The number of hydrogen-bond acceptors (Lipinski definition) is 6. The third kappa shape index (κ3) is 1.87. The molecule has 3 rings (SSSR count). The summed E-state index contributed by atoms with van der Waals surface area (Å²) in [6.07, 6.45) is 4.45. The predicted octanol–water partition coefficient (Wildman–Crippen LogP) is -0.0264. The molecular formula is C14H15FN4O3. The van der Waals surface area contributed by atoms with Crippen LogP contribution in [0.2, 0.25) is 0 Å². The molecule has 0 aromatic carbocycles. The van der Waals surface area contributed by atoms with Crippen molar-refractivity contribution in [2.45, 2.75) is 31.0 Å². The number of anilines is 1. The first-order valence-electron chi connectivity index (χ1n) is 6.62. The zero-order chi connectivity index (χ0) is 16.1. The molecule has 0 spiro atoms. The standard InChI is InChI=1S/C14H15FN4O3/c1-3-7-4-19(12-9(7)11(16)17-6-18-12)13-14(2,15)10(21)8(5-20)22-13/h1,4,6,8,10,13,20-21H,5H2,2H3,(H2,16,17,18)/t8?,10?,13-,14-/m1/s1. The summed E-state index contributed by atoms with van der Waals surface area (Å²) in [6, 6.07) is 0. The third-order valence-corrected chi connectivity index (χ3v) is 3.94. The maximum atomic E-state index is 14.9. The fraction of sp³-hybridized carbons (Fsp3) is 0.429. The first-order valence-corrected chi connectivity index (χ1v) is 6.62. The highest BCUT2D eigenvalue weighted by molar-refractivity contribution is 5.92. The number of rotatable bonds is 2. The Bertz CT molecular complexity index is 767. The van der Waals surface area contributed by atoms with Crippen LogP contribution in [0.15, 0.2) is 12.5 Å². The summed E-state index contributed by atoms with van der Waals surface area (Å²) in [6.45, 7) is 0.694. The van der Waals surface area contributed by atoms with E-state index in [0.717, 1.165) is 0 Å². The maximum absolute atomic E-state index is 14.9. The lowest BCUT2D eigenvalue weighted by Crippen LogP contribution is -2.40. The summed E-state index contributed by atoms with van der Waals surface area (Å²) >= 11 is 0. The lowest BCUT2D eigenvalue weighted by molar-refractivity contribution is -0.0564. The van der Waals surface area contributed by atoms with E-state index in [1.54, 1.807) is 0 Å². The minimum Gasteiger partial charge on any atom is -0.394 e. The van der Waals surface area contributed by atoms with E-state index in [2.05, 4.69) is 15.9 Å². The molecule has 116 valence electrons. The Morgan fingerprint density at radius 2 is 2.32 bits per heavy atom. The van der Waals surface area contributed by atoms with Crippen LogP contribution in [0.3, 0.4) is 0 Å². The van der Waals surface area contributed by atoms with Crippen LogP contribution in [0.5, 0.6) is 0 Å². The molecule has 2 aromatic rings. The number of aliphatic hydroxyl groups excluding tert-OH is 2. The van der Waals surface area contributed by atoms with Gasteiger partial charge in [-0.05, 0) is 6.92 Å². The van der Waals surface area contributed by atoms with E-state index in [4.69, 9.17) is 16.9 Å². The quantitative estimate of drug-likeness (QED) is 0.673. The highest BCUT2D eigenvalue weighted by Crippen LogP contribution is 2.43. The van der Waals surface area contributed by atoms with E-state index in [0.29, 0.717) is 16.6 Å². The van der Waals surface area contributed by atoms with Gasteiger partial charge in [-0.3, -0.25) is 0 Å². The van der Waals surface area contributed by atoms with Crippen molar-refractivity contribution >= 4 is 16.9 Å². The lowest BCUT2D eigenvalue weighted by Gasteiger charge is -2.25. The number of fused-ring (bicyclic) bond motifs is 1. The van der Waals surface area contributed by atoms with Gasteiger partial charge in [-0.2, -0.15) is 0 Å². The van der Waals surface area contributed by atoms with Crippen molar-refractivity contribution in [1.82, 2.24) is 14.5 Å². The maximum Gasteiger partial charge on any atom is 0.181 e. The second kappa shape index (κ2) is 4.91. The molecule has 1 fully saturated rings. The van der Waals surface area contributed by atoms with Crippen molar-refractivity contribution in [3.8, 4) is 12.3 Å². The molecule has 8 heteroatoms. The number of nitrogens with zero attached hydrogens (tertiary/aromatic N) is 3. The topological polar surface area (TPSA) is 106 Å². The van der Waals surface area contributed by atoms with Crippen molar-refractivity contribution in [1.29, 1.82) is 0 Å². The number of ether oxygens (including phenoxy) is 1. The van der Waals surface area contributed by atoms with Crippen LogP contribution in [0.1, 0.15) is 18.7 Å². The molecule has 1 saturated heterocycles. The summed E-state index contributed by atoms with van der Waals surface area (Å²) in [7, 11) is 0. The molecule has 0 aliphatic carbocycles. The summed E-state index contributed by atoms with van der Waals surface area (Å²) in [5.41, 5.74) is 4.38. The molecule has 1 aliphatic rings. The second-order valence-corrected chi connectivity index (χ2v) is 5.36. The molecule has 1 aliphatic heterocycles. The van der Waals surface area contributed by atoms with Crippen molar-refractivity contribution in [3.63, 3.8) is 0 Å². The van der Waals surface area contributed by atoms with Gasteiger partial charge in [0.25, 0.3) is 0 Å². The molecule has 22 heavy (non-hydrogen) atoms. The van der Waals surface area contributed by atoms with Crippen molar-refractivity contribution in [2.75, 3.05) is 12.3 Å². The Labute approximate surface area is 125 Å². The molecule has 0 radical (unpaired) electrons. The SMILES string of the molecule is C#Cc1cn([C@@H]2OC(CO)C(O)[C@@]2(C)F)c2ncnc(N)c12. The first-order chi connectivity index (χ1) is 10.4.